The van der Waals surface area contributed by atoms with Crippen LogP contribution in [-0.2, 0) is 17.6 Å². The SMILES string of the molecule is CC(C)N1CCCc2cc(C#C[Si](C)(C)C)sc2-c2ccc(n2C(=O)OC(C)(C)C)-c2sc(C#C[Si](C)(C)C)cc2CCC1. The third-order valence-electron chi connectivity index (χ3n) is 7.17. The largest absolute Gasteiger partial charge is 0.443 e. The Balaban J connectivity index is 1.96. The Morgan fingerprint density at radius 2 is 1.25 bits per heavy atom. The van der Waals surface area contributed by atoms with E-state index in [0.29, 0.717) is 6.04 Å². The molecular formula is C36H50N2O2S2Si2. The van der Waals surface area contributed by atoms with Gasteiger partial charge in [-0.05, 0) is 109 Å². The van der Waals surface area contributed by atoms with Gasteiger partial charge in [-0.1, -0.05) is 51.1 Å². The van der Waals surface area contributed by atoms with Crippen LogP contribution in [0.3, 0.4) is 0 Å². The maximum absolute atomic E-state index is 14.1. The molecule has 0 atom stereocenters. The highest BCUT2D eigenvalue weighted by atomic mass is 32.1. The van der Waals surface area contributed by atoms with Crippen molar-refractivity contribution in [1.29, 1.82) is 0 Å². The summed E-state index contributed by atoms with van der Waals surface area (Å²) in [7, 11) is -3.09. The summed E-state index contributed by atoms with van der Waals surface area (Å²) in [5, 5.41) is 0. The summed E-state index contributed by atoms with van der Waals surface area (Å²) in [4.78, 5) is 21.0. The molecule has 4 heterocycles. The van der Waals surface area contributed by atoms with E-state index < -0.39 is 21.7 Å². The Bertz CT molecular complexity index is 1510. The van der Waals surface area contributed by atoms with Crippen molar-refractivity contribution >= 4 is 44.9 Å². The van der Waals surface area contributed by atoms with E-state index in [-0.39, 0.29) is 6.09 Å². The molecule has 0 radical (unpaired) electrons. The summed E-state index contributed by atoms with van der Waals surface area (Å²) in [6.07, 6.45) is 3.67. The zero-order valence-electron chi connectivity index (χ0n) is 28.7. The number of ether oxygens (including phenoxy) is 1. The Labute approximate surface area is 276 Å². The van der Waals surface area contributed by atoms with Crippen LogP contribution in [0.2, 0.25) is 39.3 Å². The molecule has 2 bridgehead atoms. The molecule has 0 unspecified atom stereocenters. The standard InChI is InChI=1S/C36H50N2O2S2Si2/c1-26(2)37-20-12-14-27-24-29(18-22-43(6,7)8)41-33(27)31-16-17-32(38(31)35(39)40-36(3,4)5)34-28(15-13-21-37)25-30(42-34)19-23-44(9,10)11/h16-17,24-26H,12-15,20-21H2,1-11H3. The third-order valence-corrected chi connectivity index (χ3v) is 11.2. The lowest BCUT2D eigenvalue weighted by Gasteiger charge is -2.27. The van der Waals surface area contributed by atoms with E-state index in [0.717, 1.165) is 69.7 Å². The van der Waals surface area contributed by atoms with Gasteiger partial charge in [0.25, 0.3) is 0 Å². The lowest BCUT2D eigenvalue weighted by molar-refractivity contribution is 0.0543. The first-order valence-corrected chi connectivity index (χ1v) is 24.6. The predicted octanol–water partition coefficient (Wildman–Crippen LogP) is 9.78. The molecule has 0 N–H and O–H groups in total. The van der Waals surface area contributed by atoms with Crippen LogP contribution in [0.1, 0.15) is 68.3 Å². The number of hydrogen-bond donors (Lipinski definition) is 0. The molecular weight excluding hydrogens is 613 g/mol. The average molecular weight is 663 g/mol. The minimum absolute atomic E-state index is 0.339. The minimum Gasteiger partial charge on any atom is -0.443 e. The fraction of sp³-hybridized carbons (Fsp3) is 0.528. The Morgan fingerprint density at radius 1 is 0.818 bits per heavy atom. The molecule has 4 rings (SSSR count). The fourth-order valence-corrected chi connectivity index (χ4v) is 8.51. The number of aryl methyl sites for hydroxylation is 2. The van der Waals surface area contributed by atoms with E-state index >= 15 is 0 Å². The van der Waals surface area contributed by atoms with Crippen molar-refractivity contribution in [1.82, 2.24) is 9.47 Å². The van der Waals surface area contributed by atoms with Crippen LogP contribution in [0.15, 0.2) is 24.3 Å². The second kappa shape index (κ2) is 13.6. The van der Waals surface area contributed by atoms with E-state index in [1.807, 2.05) is 25.3 Å². The minimum atomic E-state index is -1.54. The van der Waals surface area contributed by atoms with Crippen LogP contribution in [0, 0.1) is 22.9 Å². The first kappa shape index (κ1) is 34.5. The topological polar surface area (TPSA) is 34.5 Å². The van der Waals surface area contributed by atoms with Crippen molar-refractivity contribution in [2.75, 3.05) is 13.1 Å². The van der Waals surface area contributed by atoms with Gasteiger partial charge in [-0.3, -0.25) is 0 Å². The molecule has 0 spiro atoms. The Kier molecular flexibility index (Phi) is 10.7. The van der Waals surface area contributed by atoms with Gasteiger partial charge in [-0.15, -0.1) is 33.8 Å². The van der Waals surface area contributed by atoms with Gasteiger partial charge < -0.3 is 9.64 Å². The molecule has 1 aliphatic heterocycles. The molecule has 236 valence electrons. The van der Waals surface area contributed by atoms with Gasteiger partial charge in [0, 0.05) is 6.04 Å². The van der Waals surface area contributed by atoms with E-state index in [4.69, 9.17) is 4.74 Å². The molecule has 0 aromatic carbocycles. The molecule has 0 fully saturated rings. The summed E-state index contributed by atoms with van der Waals surface area (Å²) in [5.74, 6) is 7.00. The lowest BCUT2D eigenvalue weighted by atomic mass is 10.1. The van der Waals surface area contributed by atoms with Crippen molar-refractivity contribution in [3.63, 3.8) is 0 Å². The van der Waals surface area contributed by atoms with Gasteiger partial charge in [0.1, 0.15) is 21.7 Å². The van der Waals surface area contributed by atoms with Gasteiger partial charge in [0.2, 0.25) is 0 Å². The highest BCUT2D eigenvalue weighted by Gasteiger charge is 2.28. The zero-order valence-corrected chi connectivity index (χ0v) is 32.3. The maximum atomic E-state index is 14.1. The van der Waals surface area contributed by atoms with Gasteiger partial charge in [-0.25, -0.2) is 9.36 Å². The monoisotopic (exact) mass is 662 g/mol. The number of carbonyl (C=O) groups is 1. The number of aromatic nitrogens is 1. The summed E-state index contributed by atoms with van der Waals surface area (Å²) in [6, 6.07) is 9.26. The Morgan fingerprint density at radius 3 is 1.61 bits per heavy atom. The van der Waals surface area contributed by atoms with Crippen LogP contribution in [0.25, 0.3) is 21.1 Å². The molecule has 0 saturated carbocycles. The Hall–Kier alpha value is -2.34. The first-order chi connectivity index (χ1) is 20.4. The highest BCUT2D eigenvalue weighted by molar-refractivity contribution is 7.16. The summed E-state index contributed by atoms with van der Waals surface area (Å²) in [5.41, 5.74) is 10.8. The van der Waals surface area contributed by atoms with Gasteiger partial charge >= 0.3 is 6.09 Å². The van der Waals surface area contributed by atoms with Crippen molar-refractivity contribution in [3.8, 4) is 44.1 Å². The second-order valence-corrected chi connectivity index (χ2v) is 26.8. The van der Waals surface area contributed by atoms with Crippen LogP contribution in [-0.4, -0.2) is 56.4 Å². The molecule has 0 saturated heterocycles. The van der Waals surface area contributed by atoms with Crippen molar-refractivity contribution in [3.05, 3.63) is 45.1 Å². The number of hydrogen-bond acceptors (Lipinski definition) is 5. The van der Waals surface area contributed by atoms with Crippen molar-refractivity contribution < 1.29 is 9.53 Å². The first-order valence-electron chi connectivity index (χ1n) is 15.9. The summed E-state index contributed by atoms with van der Waals surface area (Å²) < 4.78 is 7.89. The molecule has 4 nitrogen and oxygen atoms in total. The number of carbonyl (C=O) groups excluding carboxylic acids is 1. The van der Waals surface area contributed by atoms with Crippen LogP contribution in [0.5, 0.6) is 0 Å². The average Bonchev–Trinajstić information content (AvgIpc) is 3.59. The molecule has 0 aliphatic carbocycles. The summed E-state index contributed by atoms with van der Waals surface area (Å²) >= 11 is 3.42. The van der Waals surface area contributed by atoms with E-state index in [1.54, 1.807) is 22.7 Å². The highest BCUT2D eigenvalue weighted by Crippen LogP contribution is 2.41. The molecule has 3 aromatic heterocycles. The smallest absolute Gasteiger partial charge is 0.419 e. The van der Waals surface area contributed by atoms with E-state index in [9.17, 15) is 4.79 Å². The second-order valence-electron chi connectivity index (χ2n) is 15.2. The molecule has 3 aromatic rings. The molecule has 0 amide bonds. The number of nitrogens with zero attached hydrogens (tertiary/aromatic N) is 2. The molecule has 1 aliphatic rings. The number of fused-ring (bicyclic) bond motifs is 6. The summed E-state index contributed by atoms with van der Waals surface area (Å²) in [6.45, 7) is 26.2. The van der Waals surface area contributed by atoms with Crippen molar-refractivity contribution in [2.24, 2.45) is 0 Å². The quantitative estimate of drug-likeness (QED) is 0.192. The third kappa shape index (κ3) is 9.34. The van der Waals surface area contributed by atoms with Gasteiger partial charge in [0.05, 0.1) is 30.9 Å². The normalized spacial score (nSPS) is 14.9. The molecule has 8 heteroatoms. The van der Waals surface area contributed by atoms with Gasteiger partial charge in [-0.2, -0.15) is 0 Å². The number of thiophene rings is 2. The molecule has 44 heavy (non-hydrogen) atoms. The van der Waals surface area contributed by atoms with E-state index in [2.05, 4.69) is 105 Å². The van der Waals surface area contributed by atoms with Crippen LogP contribution < -0.4 is 0 Å². The predicted molar refractivity (Wildman–Crippen MR) is 196 cm³/mol. The van der Waals surface area contributed by atoms with Gasteiger partial charge in [0.15, 0.2) is 0 Å². The van der Waals surface area contributed by atoms with Crippen LogP contribution in [0.4, 0.5) is 4.79 Å². The van der Waals surface area contributed by atoms with Crippen molar-refractivity contribution in [2.45, 2.75) is 111 Å². The zero-order chi connectivity index (χ0) is 32.4. The number of rotatable bonds is 1. The fourth-order valence-electron chi connectivity index (χ4n) is 5.15. The van der Waals surface area contributed by atoms with Crippen LogP contribution >= 0.6 is 22.7 Å². The maximum Gasteiger partial charge on any atom is 0.419 e. The lowest BCUT2D eigenvalue weighted by Crippen LogP contribution is -2.33. The van der Waals surface area contributed by atoms with E-state index in [1.165, 1.54) is 11.1 Å².